The Morgan fingerprint density at radius 1 is 1.29 bits per heavy atom. The summed E-state index contributed by atoms with van der Waals surface area (Å²) in [5.41, 5.74) is 1.30. The van der Waals surface area contributed by atoms with E-state index in [2.05, 4.69) is 35.9 Å². The summed E-state index contributed by atoms with van der Waals surface area (Å²) in [6, 6.07) is 8.28. The molecule has 21 heavy (non-hydrogen) atoms. The molecule has 0 spiro atoms. The Bertz CT molecular complexity index is 408. The van der Waals surface area contributed by atoms with Crippen LogP contribution in [0.4, 0.5) is 0 Å². The van der Waals surface area contributed by atoms with Gasteiger partial charge in [-0.1, -0.05) is 31.7 Å². The minimum absolute atomic E-state index is 0.562. The van der Waals surface area contributed by atoms with Crippen LogP contribution in [0.1, 0.15) is 25.3 Å². The SMILES string of the molecule is C=CCOc1ccc(CNCCN2CCC(C)CC2)cc1. The van der Waals surface area contributed by atoms with Crippen LogP contribution in [0.25, 0.3) is 0 Å². The van der Waals surface area contributed by atoms with Crippen molar-refractivity contribution in [1.82, 2.24) is 10.2 Å². The first-order valence-electron chi connectivity index (χ1n) is 8.03. The zero-order valence-electron chi connectivity index (χ0n) is 13.2. The van der Waals surface area contributed by atoms with Crippen molar-refractivity contribution in [2.75, 3.05) is 32.8 Å². The molecule has 1 aliphatic rings. The quantitative estimate of drug-likeness (QED) is 0.588. The number of ether oxygens (including phenoxy) is 1. The summed E-state index contributed by atoms with van der Waals surface area (Å²) >= 11 is 0. The van der Waals surface area contributed by atoms with Gasteiger partial charge in [-0.2, -0.15) is 0 Å². The summed E-state index contributed by atoms with van der Waals surface area (Å²) in [4.78, 5) is 2.57. The Balaban J connectivity index is 1.61. The van der Waals surface area contributed by atoms with Crippen LogP contribution in [0.5, 0.6) is 5.75 Å². The van der Waals surface area contributed by atoms with Crippen LogP contribution < -0.4 is 10.1 Å². The van der Waals surface area contributed by atoms with Gasteiger partial charge in [-0.15, -0.1) is 0 Å². The van der Waals surface area contributed by atoms with Gasteiger partial charge in [0.25, 0.3) is 0 Å². The van der Waals surface area contributed by atoms with E-state index in [0.29, 0.717) is 6.61 Å². The zero-order valence-corrected chi connectivity index (χ0v) is 13.2. The molecule has 0 amide bonds. The number of hydrogen-bond donors (Lipinski definition) is 1. The van der Waals surface area contributed by atoms with Gasteiger partial charge >= 0.3 is 0 Å². The summed E-state index contributed by atoms with van der Waals surface area (Å²) in [6.07, 6.45) is 4.47. The van der Waals surface area contributed by atoms with E-state index in [4.69, 9.17) is 4.74 Å². The fraction of sp³-hybridized carbons (Fsp3) is 0.556. The van der Waals surface area contributed by atoms with Crippen LogP contribution >= 0.6 is 0 Å². The van der Waals surface area contributed by atoms with Gasteiger partial charge in [0.15, 0.2) is 0 Å². The summed E-state index contributed by atoms with van der Waals surface area (Å²) in [5, 5.41) is 3.52. The molecule has 1 fully saturated rings. The molecule has 116 valence electrons. The van der Waals surface area contributed by atoms with Crippen molar-refractivity contribution in [3.05, 3.63) is 42.5 Å². The fourth-order valence-corrected chi connectivity index (χ4v) is 2.61. The van der Waals surface area contributed by atoms with E-state index >= 15 is 0 Å². The third-order valence-electron chi connectivity index (χ3n) is 4.10. The molecule has 1 N–H and O–H groups in total. The first-order chi connectivity index (χ1) is 10.3. The van der Waals surface area contributed by atoms with Gasteiger partial charge in [-0.25, -0.2) is 0 Å². The largest absolute Gasteiger partial charge is 0.490 e. The fourth-order valence-electron chi connectivity index (χ4n) is 2.61. The van der Waals surface area contributed by atoms with Gasteiger partial charge in [-0.3, -0.25) is 0 Å². The highest BCUT2D eigenvalue weighted by atomic mass is 16.5. The molecule has 3 heteroatoms. The standard InChI is InChI=1S/C18H28N2O/c1-3-14-21-18-6-4-17(5-7-18)15-19-10-13-20-11-8-16(2)9-12-20/h3-7,16,19H,1,8-15H2,2H3. The number of benzene rings is 1. The molecule has 0 bridgehead atoms. The number of likely N-dealkylation sites (tertiary alicyclic amines) is 1. The van der Waals surface area contributed by atoms with Crippen LogP contribution in [-0.4, -0.2) is 37.7 Å². The molecule has 0 saturated carbocycles. The Morgan fingerprint density at radius 3 is 2.67 bits per heavy atom. The van der Waals surface area contributed by atoms with Gasteiger partial charge in [0, 0.05) is 19.6 Å². The normalized spacial score (nSPS) is 16.8. The van der Waals surface area contributed by atoms with Gasteiger partial charge in [-0.05, 0) is 49.5 Å². The van der Waals surface area contributed by atoms with Gasteiger partial charge < -0.3 is 15.0 Å². The molecular weight excluding hydrogens is 260 g/mol. The van der Waals surface area contributed by atoms with Crippen molar-refractivity contribution < 1.29 is 4.74 Å². The number of piperidine rings is 1. The van der Waals surface area contributed by atoms with E-state index in [1.54, 1.807) is 6.08 Å². The second-order valence-corrected chi connectivity index (χ2v) is 5.94. The predicted molar refractivity (Wildman–Crippen MR) is 88.7 cm³/mol. The Hall–Kier alpha value is -1.32. The second kappa shape index (κ2) is 8.85. The van der Waals surface area contributed by atoms with Crippen molar-refractivity contribution in [2.45, 2.75) is 26.3 Å². The number of nitrogens with zero attached hydrogens (tertiary/aromatic N) is 1. The van der Waals surface area contributed by atoms with Crippen LogP contribution in [0, 0.1) is 5.92 Å². The molecule has 1 aromatic rings. The lowest BCUT2D eigenvalue weighted by molar-refractivity contribution is 0.193. The van der Waals surface area contributed by atoms with E-state index in [-0.39, 0.29) is 0 Å². The third-order valence-corrected chi connectivity index (χ3v) is 4.10. The first kappa shape index (κ1) is 16.1. The summed E-state index contributed by atoms with van der Waals surface area (Å²) in [5.74, 6) is 1.82. The smallest absolute Gasteiger partial charge is 0.119 e. The first-order valence-corrected chi connectivity index (χ1v) is 8.03. The lowest BCUT2D eigenvalue weighted by Crippen LogP contribution is -2.37. The maximum Gasteiger partial charge on any atom is 0.119 e. The van der Waals surface area contributed by atoms with Crippen molar-refractivity contribution >= 4 is 0 Å². The Morgan fingerprint density at radius 2 is 2.00 bits per heavy atom. The minimum Gasteiger partial charge on any atom is -0.490 e. The molecule has 1 saturated heterocycles. The maximum absolute atomic E-state index is 5.48. The molecular formula is C18H28N2O. The van der Waals surface area contributed by atoms with Crippen molar-refractivity contribution in [1.29, 1.82) is 0 Å². The molecule has 0 aromatic heterocycles. The van der Waals surface area contributed by atoms with Crippen molar-refractivity contribution in [3.63, 3.8) is 0 Å². The Kier molecular flexibility index (Phi) is 6.77. The monoisotopic (exact) mass is 288 g/mol. The molecule has 1 heterocycles. The lowest BCUT2D eigenvalue weighted by atomic mass is 9.99. The summed E-state index contributed by atoms with van der Waals surface area (Å²) in [7, 11) is 0. The average molecular weight is 288 g/mol. The third kappa shape index (κ3) is 5.90. The number of nitrogens with one attached hydrogen (secondary N) is 1. The molecule has 0 radical (unpaired) electrons. The van der Waals surface area contributed by atoms with Gasteiger partial charge in [0.1, 0.15) is 12.4 Å². The molecule has 0 atom stereocenters. The number of hydrogen-bond acceptors (Lipinski definition) is 3. The molecule has 1 aromatic carbocycles. The van der Waals surface area contributed by atoms with E-state index in [0.717, 1.165) is 31.3 Å². The minimum atomic E-state index is 0.562. The highest BCUT2D eigenvalue weighted by Gasteiger charge is 2.14. The Labute approximate surface area is 129 Å². The molecule has 0 aliphatic carbocycles. The number of rotatable bonds is 8. The van der Waals surface area contributed by atoms with E-state index in [1.165, 1.54) is 31.5 Å². The van der Waals surface area contributed by atoms with Crippen molar-refractivity contribution in [2.24, 2.45) is 5.92 Å². The van der Waals surface area contributed by atoms with Crippen LogP contribution in [-0.2, 0) is 6.54 Å². The van der Waals surface area contributed by atoms with E-state index < -0.39 is 0 Å². The lowest BCUT2D eigenvalue weighted by Gasteiger charge is -2.30. The van der Waals surface area contributed by atoms with Gasteiger partial charge in [0.05, 0.1) is 0 Å². The molecule has 3 nitrogen and oxygen atoms in total. The summed E-state index contributed by atoms with van der Waals surface area (Å²) < 4.78 is 5.48. The van der Waals surface area contributed by atoms with Crippen molar-refractivity contribution in [3.8, 4) is 5.75 Å². The summed E-state index contributed by atoms with van der Waals surface area (Å²) in [6.45, 7) is 12.2. The maximum atomic E-state index is 5.48. The van der Waals surface area contributed by atoms with E-state index in [9.17, 15) is 0 Å². The van der Waals surface area contributed by atoms with Crippen LogP contribution in [0.3, 0.4) is 0 Å². The van der Waals surface area contributed by atoms with Crippen LogP contribution in [0.15, 0.2) is 36.9 Å². The highest BCUT2D eigenvalue weighted by molar-refractivity contribution is 5.27. The molecule has 2 rings (SSSR count). The topological polar surface area (TPSA) is 24.5 Å². The highest BCUT2D eigenvalue weighted by Crippen LogP contribution is 2.15. The average Bonchev–Trinajstić information content (AvgIpc) is 2.52. The van der Waals surface area contributed by atoms with E-state index in [1.807, 2.05) is 12.1 Å². The molecule has 0 unspecified atom stereocenters. The molecule has 1 aliphatic heterocycles. The zero-order chi connectivity index (χ0) is 14.9. The van der Waals surface area contributed by atoms with Gasteiger partial charge in [0.2, 0.25) is 0 Å². The second-order valence-electron chi connectivity index (χ2n) is 5.94. The predicted octanol–water partition coefficient (Wildman–Crippen LogP) is 3.07. The van der Waals surface area contributed by atoms with Crippen LogP contribution in [0.2, 0.25) is 0 Å².